The molecule has 0 aliphatic carbocycles. The van der Waals surface area contributed by atoms with Crippen LogP contribution in [0.3, 0.4) is 0 Å². The van der Waals surface area contributed by atoms with Crippen LogP contribution in [0.1, 0.15) is 31.2 Å². The Morgan fingerprint density at radius 3 is 2.50 bits per heavy atom. The van der Waals surface area contributed by atoms with E-state index in [1.54, 1.807) is 0 Å². The van der Waals surface area contributed by atoms with Crippen molar-refractivity contribution in [2.24, 2.45) is 0 Å². The van der Waals surface area contributed by atoms with Crippen molar-refractivity contribution in [3.63, 3.8) is 0 Å². The number of hydrogen-bond donors (Lipinski definition) is 1. The minimum Gasteiger partial charge on any atom is -0.326 e. The molecule has 98 valence electrons. The number of piperidine rings is 1. The Morgan fingerprint density at radius 2 is 1.83 bits per heavy atom. The van der Waals surface area contributed by atoms with Gasteiger partial charge in [0.05, 0.1) is 0 Å². The molecule has 1 N–H and O–H groups in total. The predicted octanol–water partition coefficient (Wildman–Crippen LogP) is 2.81. The summed E-state index contributed by atoms with van der Waals surface area (Å²) < 4.78 is 0. The summed E-state index contributed by atoms with van der Waals surface area (Å²) in [5.41, 5.74) is 2.10. The summed E-state index contributed by atoms with van der Waals surface area (Å²) in [6, 6.07) is 7.93. The molecule has 18 heavy (non-hydrogen) atoms. The molecule has 0 bridgehead atoms. The van der Waals surface area contributed by atoms with Crippen LogP contribution in [0.15, 0.2) is 24.3 Å². The molecule has 1 fully saturated rings. The highest BCUT2D eigenvalue weighted by molar-refractivity contribution is 5.90. The van der Waals surface area contributed by atoms with Gasteiger partial charge in [0.25, 0.3) is 0 Å². The van der Waals surface area contributed by atoms with Gasteiger partial charge in [0.2, 0.25) is 5.91 Å². The van der Waals surface area contributed by atoms with Crippen LogP contribution >= 0.6 is 0 Å². The smallest absolute Gasteiger partial charge is 0.225 e. The van der Waals surface area contributed by atoms with Crippen LogP contribution in [0.4, 0.5) is 5.69 Å². The highest BCUT2D eigenvalue weighted by atomic mass is 16.1. The van der Waals surface area contributed by atoms with Gasteiger partial charge >= 0.3 is 0 Å². The third-order valence-corrected chi connectivity index (χ3v) is 3.44. The van der Waals surface area contributed by atoms with Crippen molar-refractivity contribution in [3.05, 3.63) is 29.8 Å². The topological polar surface area (TPSA) is 32.3 Å². The summed E-state index contributed by atoms with van der Waals surface area (Å²) in [6.07, 6.45) is 4.49. The molecular weight excluding hydrogens is 224 g/mol. The fourth-order valence-electron chi connectivity index (χ4n) is 2.30. The molecule has 1 saturated heterocycles. The third-order valence-electron chi connectivity index (χ3n) is 3.44. The average molecular weight is 246 g/mol. The molecule has 1 aliphatic heterocycles. The summed E-state index contributed by atoms with van der Waals surface area (Å²) in [7, 11) is 0. The van der Waals surface area contributed by atoms with Crippen LogP contribution in [0.5, 0.6) is 0 Å². The molecule has 1 aliphatic rings. The molecule has 1 aromatic rings. The van der Waals surface area contributed by atoms with Gasteiger partial charge in [0.15, 0.2) is 0 Å². The van der Waals surface area contributed by atoms with Crippen molar-refractivity contribution < 1.29 is 4.79 Å². The maximum atomic E-state index is 11.8. The fourth-order valence-corrected chi connectivity index (χ4v) is 2.30. The van der Waals surface area contributed by atoms with E-state index in [2.05, 4.69) is 10.2 Å². The Kier molecular flexibility index (Phi) is 4.76. The maximum absolute atomic E-state index is 11.8. The van der Waals surface area contributed by atoms with E-state index in [0.717, 1.165) is 25.3 Å². The minimum absolute atomic E-state index is 0.115. The van der Waals surface area contributed by atoms with Crippen molar-refractivity contribution in [2.75, 3.05) is 25.0 Å². The molecule has 0 radical (unpaired) electrons. The number of aryl methyl sites for hydroxylation is 1. The summed E-state index contributed by atoms with van der Waals surface area (Å²) in [5, 5.41) is 2.94. The number of hydrogen-bond acceptors (Lipinski definition) is 2. The van der Waals surface area contributed by atoms with Crippen LogP contribution < -0.4 is 5.32 Å². The van der Waals surface area contributed by atoms with Crippen molar-refractivity contribution in [1.82, 2.24) is 4.90 Å². The first-order valence-electron chi connectivity index (χ1n) is 6.83. The molecule has 0 saturated carbocycles. The molecule has 2 rings (SSSR count). The van der Waals surface area contributed by atoms with Gasteiger partial charge in [-0.2, -0.15) is 0 Å². The number of carbonyl (C=O) groups is 1. The highest BCUT2D eigenvalue weighted by Crippen LogP contribution is 2.11. The maximum Gasteiger partial charge on any atom is 0.225 e. The standard InChI is InChI=1S/C15H22N2O/c1-13-5-7-14(8-6-13)16-15(18)9-12-17-10-3-2-4-11-17/h5-8H,2-4,9-12H2,1H3,(H,16,18). The van der Waals surface area contributed by atoms with Gasteiger partial charge in [-0.15, -0.1) is 0 Å². The normalized spacial score (nSPS) is 16.5. The Hall–Kier alpha value is -1.35. The summed E-state index contributed by atoms with van der Waals surface area (Å²) in [6.45, 7) is 5.23. The Bertz CT molecular complexity index is 380. The Balaban J connectivity index is 1.73. The van der Waals surface area contributed by atoms with Crippen molar-refractivity contribution >= 4 is 11.6 Å². The SMILES string of the molecule is Cc1ccc(NC(=O)CCN2CCCCC2)cc1. The second-order valence-electron chi connectivity index (χ2n) is 5.07. The van der Waals surface area contributed by atoms with E-state index >= 15 is 0 Å². The number of likely N-dealkylation sites (tertiary alicyclic amines) is 1. The lowest BCUT2D eigenvalue weighted by molar-refractivity contribution is -0.116. The van der Waals surface area contributed by atoms with Gasteiger partial charge in [-0.3, -0.25) is 4.79 Å². The van der Waals surface area contributed by atoms with E-state index < -0.39 is 0 Å². The first-order chi connectivity index (χ1) is 8.74. The molecule has 3 nitrogen and oxygen atoms in total. The highest BCUT2D eigenvalue weighted by Gasteiger charge is 2.11. The second kappa shape index (κ2) is 6.55. The molecule has 0 aromatic heterocycles. The average Bonchev–Trinajstić information content (AvgIpc) is 2.40. The second-order valence-corrected chi connectivity index (χ2v) is 5.07. The molecule has 1 heterocycles. The van der Waals surface area contributed by atoms with Crippen LogP contribution in [0.25, 0.3) is 0 Å². The van der Waals surface area contributed by atoms with Crippen molar-refractivity contribution in [1.29, 1.82) is 0 Å². The zero-order chi connectivity index (χ0) is 12.8. The number of amides is 1. The van der Waals surface area contributed by atoms with E-state index in [1.165, 1.54) is 24.8 Å². The molecule has 0 atom stereocenters. The predicted molar refractivity (Wildman–Crippen MR) is 74.7 cm³/mol. The molecule has 1 aromatic carbocycles. The van der Waals surface area contributed by atoms with Gasteiger partial charge in [-0.05, 0) is 45.0 Å². The lowest BCUT2D eigenvalue weighted by atomic mass is 10.1. The van der Waals surface area contributed by atoms with E-state index in [1.807, 2.05) is 31.2 Å². The monoisotopic (exact) mass is 246 g/mol. The molecule has 0 unspecified atom stereocenters. The largest absolute Gasteiger partial charge is 0.326 e. The van der Waals surface area contributed by atoms with E-state index in [0.29, 0.717) is 6.42 Å². The van der Waals surface area contributed by atoms with Crippen LogP contribution in [0.2, 0.25) is 0 Å². The summed E-state index contributed by atoms with van der Waals surface area (Å²) in [4.78, 5) is 14.2. The van der Waals surface area contributed by atoms with Crippen LogP contribution in [-0.4, -0.2) is 30.4 Å². The summed E-state index contributed by atoms with van der Waals surface area (Å²) in [5.74, 6) is 0.115. The van der Waals surface area contributed by atoms with E-state index in [-0.39, 0.29) is 5.91 Å². The van der Waals surface area contributed by atoms with Gasteiger partial charge in [-0.25, -0.2) is 0 Å². The van der Waals surface area contributed by atoms with Crippen LogP contribution in [-0.2, 0) is 4.79 Å². The number of rotatable bonds is 4. The van der Waals surface area contributed by atoms with Crippen LogP contribution in [0, 0.1) is 6.92 Å². The molecule has 1 amide bonds. The number of carbonyl (C=O) groups excluding carboxylic acids is 1. The number of benzene rings is 1. The Morgan fingerprint density at radius 1 is 1.17 bits per heavy atom. The van der Waals surface area contributed by atoms with E-state index in [4.69, 9.17) is 0 Å². The lowest BCUT2D eigenvalue weighted by Gasteiger charge is -2.25. The van der Waals surface area contributed by atoms with Crippen molar-refractivity contribution in [3.8, 4) is 0 Å². The fraction of sp³-hybridized carbons (Fsp3) is 0.533. The molecule has 3 heteroatoms. The quantitative estimate of drug-likeness (QED) is 0.886. The summed E-state index contributed by atoms with van der Waals surface area (Å²) >= 11 is 0. The number of nitrogens with zero attached hydrogens (tertiary/aromatic N) is 1. The van der Waals surface area contributed by atoms with Gasteiger partial charge in [0.1, 0.15) is 0 Å². The minimum atomic E-state index is 0.115. The number of nitrogens with one attached hydrogen (secondary N) is 1. The van der Waals surface area contributed by atoms with E-state index in [9.17, 15) is 4.79 Å². The van der Waals surface area contributed by atoms with Gasteiger partial charge < -0.3 is 10.2 Å². The third kappa shape index (κ3) is 4.15. The molecular formula is C15H22N2O. The zero-order valence-electron chi connectivity index (χ0n) is 11.1. The zero-order valence-corrected chi connectivity index (χ0v) is 11.1. The number of anilines is 1. The first kappa shape index (κ1) is 13.1. The van der Waals surface area contributed by atoms with Gasteiger partial charge in [0, 0.05) is 18.7 Å². The van der Waals surface area contributed by atoms with Crippen molar-refractivity contribution in [2.45, 2.75) is 32.6 Å². The Labute approximate surface area is 109 Å². The molecule has 0 spiro atoms. The lowest BCUT2D eigenvalue weighted by Crippen LogP contribution is -2.32. The van der Waals surface area contributed by atoms with Gasteiger partial charge in [-0.1, -0.05) is 24.1 Å². The first-order valence-corrected chi connectivity index (χ1v) is 6.83.